The van der Waals surface area contributed by atoms with Gasteiger partial charge in [0.25, 0.3) is 8.38 Å². The normalized spacial score (nSPS) is 12.9. The van der Waals surface area contributed by atoms with Crippen molar-refractivity contribution in [3.05, 3.63) is 21.5 Å². The van der Waals surface area contributed by atoms with Crippen LogP contribution in [0.4, 0.5) is 27.6 Å². The summed E-state index contributed by atoms with van der Waals surface area (Å²) in [5, 5.41) is 0.387. The first kappa shape index (κ1) is 24.5. The third-order valence-corrected chi connectivity index (χ3v) is 7.77. The van der Waals surface area contributed by atoms with Crippen LogP contribution in [0.3, 0.4) is 0 Å². The first-order chi connectivity index (χ1) is 13.5. The summed E-state index contributed by atoms with van der Waals surface area (Å²) in [4.78, 5) is -0.314. The van der Waals surface area contributed by atoms with Crippen molar-refractivity contribution < 1.29 is 35.7 Å². The molecular weight excluding hydrogens is 504 g/mol. The minimum atomic E-state index is -4.29. The van der Waals surface area contributed by atoms with Crippen molar-refractivity contribution in [1.82, 2.24) is 0 Å². The molecule has 0 aliphatic rings. The summed E-state index contributed by atoms with van der Waals surface area (Å²) in [6.45, 7) is 3.09. The van der Waals surface area contributed by atoms with E-state index in [1.54, 1.807) is 13.8 Å². The number of anilines is 1. The number of benzene rings is 1. The molecule has 2 rings (SSSR count). The summed E-state index contributed by atoms with van der Waals surface area (Å²) in [5.74, 6) is 0.159. The molecule has 4 nitrogen and oxygen atoms in total. The highest BCUT2D eigenvalue weighted by atomic mass is 79.9. The molecule has 0 aliphatic heterocycles. The zero-order valence-electron chi connectivity index (χ0n) is 15.6. The van der Waals surface area contributed by atoms with Gasteiger partial charge >= 0.3 is 11.8 Å². The number of ether oxygens (including phenoxy) is 1. The molecule has 1 aromatic heterocycles. The van der Waals surface area contributed by atoms with Gasteiger partial charge in [-0.3, -0.25) is 0 Å². The van der Waals surface area contributed by atoms with Gasteiger partial charge in [0.1, 0.15) is 5.75 Å². The van der Waals surface area contributed by atoms with Crippen LogP contribution in [0.25, 0.3) is 10.1 Å². The maximum atomic E-state index is 15.1. The largest absolute Gasteiger partial charge is 0.492 e. The standard InChI is InChI=1S/C17H20BrF5NO3PS/c1-3-26-28(27-4-2)17(22,23)15-13(18)11-8-10(24)9-12(14(11)29-15)25-7-5-6-16(19,20)21/h8-9H,3-7,24H2,1-2H3. The van der Waals surface area contributed by atoms with E-state index in [1.807, 2.05) is 0 Å². The third kappa shape index (κ3) is 6.13. The molecule has 1 aromatic carbocycles. The topological polar surface area (TPSA) is 53.7 Å². The Morgan fingerprint density at radius 3 is 2.28 bits per heavy atom. The predicted molar refractivity (Wildman–Crippen MR) is 109 cm³/mol. The molecule has 0 spiro atoms. The molecule has 0 saturated carbocycles. The van der Waals surface area contributed by atoms with Crippen LogP contribution in [0.2, 0.25) is 0 Å². The Morgan fingerprint density at radius 1 is 1.10 bits per heavy atom. The van der Waals surface area contributed by atoms with E-state index in [0.29, 0.717) is 10.1 Å². The lowest BCUT2D eigenvalue weighted by molar-refractivity contribution is -0.136. The minimum absolute atomic E-state index is 0.0598. The summed E-state index contributed by atoms with van der Waals surface area (Å²) < 4.78 is 83.3. The molecule has 0 amide bonds. The van der Waals surface area contributed by atoms with Gasteiger partial charge in [0.15, 0.2) is 0 Å². The molecule has 0 bridgehead atoms. The molecule has 0 aliphatic carbocycles. The fourth-order valence-corrected chi connectivity index (χ4v) is 6.04. The van der Waals surface area contributed by atoms with Crippen molar-refractivity contribution in [1.29, 1.82) is 0 Å². The number of alkyl halides is 5. The summed E-state index contributed by atoms with van der Waals surface area (Å²) in [7, 11) is -2.53. The van der Waals surface area contributed by atoms with Gasteiger partial charge in [-0.05, 0) is 42.3 Å². The second-order valence-electron chi connectivity index (χ2n) is 5.84. The molecule has 0 atom stereocenters. The Balaban J connectivity index is 2.38. The summed E-state index contributed by atoms with van der Waals surface area (Å²) in [6, 6.07) is 2.91. The van der Waals surface area contributed by atoms with E-state index in [9.17, 15) is 13.2 Å². The minimum Gasteiger partial charge on any atom is -0.492 e. The van der Waals surface area contributed by atoms with Crippen LogP contribution in [0.1, 0.15) is 31.6 Å². The molecule has 164 valence electrons. The van der Waals surface area contributed by atoms with E-state index >= 15 is 8.78 Å². The van der Waals surface area contributed by atoms with E-state index in [1.165, 1.54) is 12.1 Å². The van der Waals surface area contributed by atoms with Crippen LogP contribution >= 0.6 is 35.6 Å². The van der Waals surface area contributed by atoms with Gasteiger partial charge in [0, 0.05) is 28.0 Å². The second kappa shape index (κ2) is 10.0. The molecule has 0 radical (unpaired) electrons. The molecule has 2 N–H and O–H groups in total. The fourth-order valence-electron chi connectivity index (χ4n) is 2.43. The van der Waals surface area contributed by atoms with Gasteiger partial charge in [-0.1, -0.05) is 0 Å². The van der Waals surface area contributed by atoms with Gasteiger partial charge in [-0.25, -0.2) is 0 Å². The summed E-state index contributed by atoms with van der Waals surface area (Å²) >= 11 is 3.97. The number of hydrogen-bond donors (Lipinski definition) is 1. The van der Waals surface area contributed by atoms with Crippen molar-refractivity contribution >= 4 is 51.4 Å². The first-order valence-electron chi connectivity index (χ1n) is 8.66. The van der Waals surface area contributed by atoms with Gasteiger partial charge in [0.05, 0.1) is 29.4 Å². The van der Waals surface area contributed by atoms with E-state index in [0.717, 1.165) is 11.3 Å². The Bertz CT molecular complexity index is 827. The number of rotatable bonds is 10. The van der Waals surface area contributed by atoms with Crippen LogP contribution in [-0.2, 0) is 14.7 Å². The number of nitrogen functional groups attached to an aromatic ring is 1. The molecule has 0 unspecified atom stereocenters. The third-order valence-electron chi connectivity index (χ3n) is 3.57. The molecule has 12 heteroatoms. The first-order valence-corrected chi connectivity index (χ1v) is 11.4. The van der Waals surface area contributed by atoms with Crippen LogP contribution in [-0.4, -0.2) is 26.0 Å². The van der Waals surface area contributed by atoms with Crippen LogP contribution in [0, 0.1) is 0 Å². The summed E-state index contributed by atoms with van der Waals surface area (Å²) in [6.07, 6.45) is -5.54. The molecular formula is C17H20BrF5NO3PS. The van der Waals surface area contributed by atoms with Gasteiger partial charge in [-0.2, -0.15) is 22.0 Å². The Labute approximate surface area is 178 Å². The smallest absolute Gasteiger partial charge is 0.389 e. The van der Waals surface area contributed by atoms with Crippen molar-refractivity contribution in [3.63, 3.8) is 0 Å². The number of halogens is 6. The molecule has 0 saturated heterocycles. The Kier molecular flexibility index (Phi) is 8.50. The van der Waals surface area contributed by atoms with Crippen molar-refractivity contribution in [2.24, 2.45) is 0 Å². The SMILES string of the molecule is CCOP(OCC)C(F)(F)c1sc2c(OCCCC(F)(F)F)cc(N)cc2c1Br. The average molecular weight is 524 g/mol. The van der Waals surface area contributed by atoms with Crippen LogP contribution in [0.5, 0.6) is 5.75 Å². The summed E-state index contributed by atoms with van der Waals surface area (Å²) in [5.41, 5.74) is 2.67. The maximum absolute atomic E-state index is 15.1. The highest BCUT2D eigenvalue weighted by Crippen LogP contribution is 2.63. The lowest BCUT2D eigenvalue weighted by Crippen LogP contribution is -2.13. The van der Waals surface area contributed by atoms with Crippen molar-refractivity contribution in [2.45, 2.75) is 38.5 Å². The zero-order chi connectivity index (χ0) is 21.8. The van der Waals surface area contributed by atoms with E-state index < -0.39 is 26.6 Å². The molecule has 2 aromatic rings. The van der Waals surface area contributed by atoms with Gasteiger partial charge in [0.2, 0.25) is 0 Å². The number of thiophene rings is 1. The van der Waals surface area contributed by atoms with E-state index in [4.69, 9.17) is 19.5 Å². The molecule has 1 heterocycles. The van der Waals surface area contributed by atoms with Gasteiger partial charge in [-0.15, -0.1) is 11.3 Å². The lowest BCUT2D eigenvalue weighted by Gasteiger charge is -2.24. The molecule has 29 heavy (non-hydrogen) atoms. The second-order valence-corrected chi connectivity index (χ2v) is 9.25. The molecule has 0 fully saturated rings. The van der Waals surface area contributed by atoms with Crippen LogP contribution in [0.15, 0.2) is 16.6 Å². The quantitative estimate of drug-likeness (QED) is 0.152. The average Bonchev–Trinajstić information content (AvgIpc) is 2.95. The number of nitrogens with two attached hydrogens (primary N) is 1. The highest BCUT2D eigenvalue weighted by Gasteiger charge is 2.48. The number of hydrogen-bond acceptors (Lipinski definition) is 5. The van der Waals surface area contributed by atoms with Crippen LogP contribution < -0.4 is 10.5 Å². The monoisotopic (exact) mass is 523 g/mol. The maximum Gasteiger partial charge on any atom is 0.389 e. The Morgan fingerprint density at radius 2 is 1.72 bits per heavy atom. The lowest BCUT2D eigenvalue weighted by atomic mass is 10.2. The van der Waals surface area contributed by atoms with E-state index in [-0.39, 0.29) is 47.0 Å². The fraction of sp³-hybridized carbons (Fsp3) is 0.529. The van der Waals surface area contributed by atoms with Gasteiger partial charge < -0.3 is 19.5 Å². The number of fused-ring (bicyclic) bond motifs is 1. The Hall–Kier alpha value is -0.740. The van der Waals surface area contributed by atoms with Crippen molar-refractivity contribution in [2.75, 3.05) is 25.6 Å². The predicted octanol–water partition coefficient (Wildman–Crippen LogP) is 7.40. The van der Waals surface area contributed by atoms with Crippen molar-refractivity contribution in [3.8, 4) is 5.75 Å². The van der Waals surface area contributed by atoms with E-state index in [2.05, 4.69) is 15.9 Å². The highest BCUT2D eigenvalue weighted by molar-refractivity contribution is 9.10. The zero-order valence-corrected chi connectivity index (χ0v) is 18.9.